The Bertz CT molecular complexity index is 600. The van der Waals surface area contributed by atoms with Gasteiger partial charge in [0.2, 0.25) is 0 Å². The molecule has 5 heteroatoms. The molecule has 1 N–H and O–H groups in total. The molecule has 0 spiro atoms. The van der Waals surface area contributed by atoms with Crippen molar-refractivity contribution in [3.05, 3.63) is 50.8 Å². The van der Waals surface area contributed by atoms with Crippen LogP contribution in [-0.4, -0.2) is 11.1 Å². The summed E-state index contributed by atoms with van der Waals surface area (Å²) in [6.07, 6.45) is 0. The summed E-state index contributed by atoms with van der Waals surface area (Å²) in [5, 5.41) is 6.76. The average Bonchev–Trinajstić information content (AvgIpc) is 2.69. The largest absolute Gasteiger partial charge is 0.361 e. The lowest BCUT2D eigenvalue weighted by Gasteiger charge is -2.08. The molecule has 1 heterocycles. The van der Waals surface area contributed by atoms with Crippen molar-refractivity contribution < 1.29 is 9.32 Å². The fourth-order valence-electron chi connectivity index (χ4n) is 1.86. The second-order valence-corrected chi connectivity index (χ2v) is 5.36. The van der Waals surface area contributed by atoms with E-state index in [1.54, 1.807) is 0 Å². The molecule has 0 aliphatic heterocycles. The lowest BCUT2D eigenvalue weighted by atomic mass is 10.1. The maximum Gasteiger partial charge on any atom is 0.251 e. The van der Waals surface area contributed by atoms with E-state index in [-0.39, 0.29) is 5.91 Å². The number of hydrogen-bond donors (Lipinski definition) is 1. The molecule has 4 nitrogen and oxygen atoms in total. The molecule has 0 saturated carbocycles. The van der Waals surface area contributed by atoms with Gasteiger partial charge in [-0.15, -0.1) is 0 Å². The third-order valence-electron chi connectivity index (χ3n) is 3.05. The van der Waals surface area contributed by atoms with E-state index in [1.807, 2.05) is 39.0 Å². The van der Waals surface area contributed by atoms with Crippen LogP contribution in [0.25, 0.3) is 0 Å². The Morgan fingerprint density at radius 2 is 2.11 bits per heavy atom. The summed E-state index contributed by atoms with van der Waals surface area (Å²) in [6.45, 7) is 6.04. The van der Waals surface area contributed by atoms with E-state index in [1.165, 1.54) is 0 Å². The second-order valence-electron chi connectivity index (χ2n) is 4.44. The smallest absolute Gasteiger partial charge is 0.251 e. The van der Waals surface area contributed by atoms with Gasteiger partial charge in [0.15, 0.2) is 0 Å². The molecule has 1 amide bonds. The first kappa shape index (κ1) is 13.8. The highest BCUT2D eigenvalue weighted by Crippen LogP contribution is 2.17. The Labute approximate surface area is 120 Å². The maximum absolute atomic E-state index is 12.2. The van der Waals surface area contributed by atoms with Gasteiger partial charge < -0.3 is 9.84 Å². The third-order valence-corrected chi connectivity index (χ3v) is 3.54. The Hall–Kier alpha value is -1.62. The lowest BCUT2D eigenvalue weighted by Crippen LogP contribution is -2.24. The molecule has 0 bridgehead atoms. The molecular formula is C14H15BrN2O2. The first-order valence-corrected chi connectivity index (χ1v) is 6.74. The van der Waals surface area contributed by atoms with Crippen molar-refractivity contribution in [1.29, 1.82) is 0 Å². The first-order valence-electron chi connectivity index (χ1n) is 5.95. The number of rotatable bonds is 3. The van der Waals surface area contributed by atoms with Crippen molar-refractivity contribution in [1.82, 2.24) is 10.5 Å². The third kappa shape index (κ3) is 3.04. The van der Waals surface area contributed by atoms with Crippen LogP contribution in [0.2, 0.25) is 0 Å². The van der Waals surface area contributed by atoms with Gasteiger partial charge in [0.05, 0.1) is 5.69 Å². The molecule has 0 saturated heterocycles. The highest BCUT2D eigenvalue weighted by molar-refractivity contribution is 9.10. The van der Waals surface area contributed by atoms with Gasteiger partial charge in [-0.25, -0.2) is 0 Å². The molecule has 0 unspecified atom stereocenters. The van der Waals surface area contributed by atoms with Crippen LogP contribution >= 0.6 is 15.9 Å². The summed E-state index contributed by atoms with van der Waals surface area (Å²) in [4.78, 5) is 12.2. The van der Waals surface area contributed by atoms with Crippen molar-refractivity contribution >= 4 is 21.8 Å². The minimum atomic E-state index is -0.0983. The van der Waals surface area contributed by atoms with Crippen LogP contribution in [0.15, 0.2) is 27.2 Å². The summed E-state index contributed by atoms with van der Waals surface area (Å²) < 4.78 is 5.96. The highest BCUT2D eigenvalue weighted by Gasteiger charge is 2.13. The Morgan fingerprint density at radius 3 is 2.74 bits per heavy atom. The number of hydrogen-bond acceptors (Lipinski definition) is 3. The zero-order valence-corrected chi connectivity index (χ0v) is 12.7. The van der Waals surface area contributed by atoms with Crippen LogP contribution in [-0.2, 0) is 6.54 Å². The van der Waals surface area contributed by atoms with E-state index in [4.69, 9.17) is 4.52 Å². The van der Waals surface area contributed by atoms with Crippen LogP contribution in [0.4, 0.5) is 0 Å². The fourth-order valence-corrected chi connectivity index (χ4v) is 2.22. The van der Waals surface area contributed by atoms with E-state index in [0.717, 1.165) is 27.1 Å². The van der Waals surface area contributed by atoms with Crippen LogP contribution in [0.5, 0.6) is 0 Å². The highest BCUT2D eigenvalue weighted by atomic mass is 79.9. The quantitative estimate of drug-likeness (QED) is 0.943. The van der Waals surface area contributed by atoms with Crippen LogP contribution in [0.3, 0.4) is 0 Å². The van der Waals surface area contributed by atoms with E-state index in [0.29, 0.717) is 12.1 Å². The topological polar surface area (TPSA) is 55.1 Å². The van der Waals surface area contributed by atoms with Crippen molar-refractivity contribution in [2.24, 2.45) is 0 Å². The van der Waals surface area contributed by atoms with Crippen molar-refractivity contribution in [2.45, 2.75) is 27.3 Å². The number of nitrogens with zero attached hydrogens (tertiary/aromatic N) is 1. The van der Waals surface area contributed by atoms with Gasteiger partial charge in [-0.3, -0.25) is 4.79 Å². The SMILES string of the molecule is Cc1ccc(Br)cc1C(=O)NCc1c(C)noc1C. The number of halogens is 1. The van der Waals surface area contributed by atoms with Crippen molar-refractivity contribution in [2.75, 3.05) is 0 Å². The van der Waals surface area contributed by atoms with E-state index in [9.17, 15) is 4.79 Å². The van der Waals surface area contributed by atoms with E-state index < -0.39 is 0 Å². The maximum atomic E-state index is 12.2. The van der Waals surface area contributed by atoms with Crippen LogP contribution in [0, 0.1) is 20.8 Å². The summed E-state index contributed by atoms with van der Waals surface area (Å²) in [6, 6.07) is 5.65. The van der Waals surface area contributed by atoms with E-state index >= 15 is 0 Å². The predicted molar refractivity (Wildman–Crippen MR) is 76.0 cm³/mol. The number of aryl methyl sites for hydroxylation is 3. The Morgan fingerprint density at radius 1 is 1.37 bits per heavy atom. The van der Waals surface area contributed by atoms with Gasteiger partial charge in [-0.1, -0.05) is 27.2 Å². The Kier molecular flexibility index (Phi) is 4.04. The summed E-state index contributed by atoms with van der Waals surface area (Å²) in [5.41, 5.74) is 3.35. The minimum Gasteiger partial charge on any atom is -0.361 e. The molecule has 1 aromatic carbocycles. The zero-order valence-electron chi connectivity index (χ0n) is 11.1. The van der Waals surface area contributed by atoms with Gasteiger partial charge in [-0.05, 0) is 38.5 Å². The normalized spacial score (nSPS) is 10.5. The van der Waals surface area contributed by atoms with E-state index in [2.05, 4.69) is 26.4 Å². The molecule has 0 radical (unpaired) electrons. The van der Waals surface area contributed by atoms with Crippen LogP contribution < -0.4 is 5.32 Å². The average molecular weight is 323 g/mol. The van der Waals surface area contributed by atoms with Gasteiger partial charge in [-0.2, -0.15) is 0 Å². The van der Waals surface area contributed by atoms with Gasteiger partial charge in [0.25, 0.3) is 5.91 Å². The minimum absolute atomic E-state index is 0.0983. The van der Waals surface area contributed by atoms with Crippen molar-refractivity contribution in [3.63, 3.8) is 0 Å². The summed E-state index contributed by atoms with van der Waals surface area (Å²) in [5.74, 6) is 0.641. The van der Waals surface area contributed by atoms with Gasteiger partial charge in [0.1, 0.15) is 5.76 Å². The molecule has 0 atom stereocenters. The molecule has 0 aliphatic rings. The fraction of sp³-hybridized carbons (Fsp3) is 0.286. The van der Waals surface area contributed by atoms with Crippen LogP contribution in [0.1, 0.15) is 32.9 Å². The molecule has 19 heavy (non-hydrogen) atoms. The lowest BCUT2D eigenvalue weighted by molar-refractivity contribution is 0.0950. The molecule has 0 fully saturated rings. The molecule has 2 aromatic rings. The van der Waals surface area contributed by atoms with Gasteiger partial charge >= 0.3 is 0 Å². The zero-order chi connectivity index (χ0) is 14.0. The molecular weight excluding hydrogens is 308 g/mol. The molecule has 0 aliphatic carbocycles. The standard InChI is InChI=1S/C14H15BrN2O2/c1-8-4-5-11(15)6-12(8)14(18)16-7-13-9(2)17-19-10(13)3/h4-6H,7H2,1-3H3,(H,16,18). The number of benzene rings is 1. The molecule has 2 rings (SSSR count). The summed E-state index contributed by atoms with van der Waals surface area (Å²) in [7, 11) is 0. The first-order chi connectivity index (χ1) is 8.99. The number of aromatic nitrogens is 1. The second kappa shape index (κ2) is 5.57. The van der Waals surface area contributed by atoms with Gasteiger partial charge in [0, 0.05) is 22.1 Å². The molecule has 100 valence electrons. The monoisotopic (exact) mass is 322 g/mol. The predicted octanol–water partition coefficient (Wildman–Crippen LogP) is 3.29. The molecule has 1 aromatic heterocycles. The number of nitrogens with one attached hydrogen (secondary N) is 1. The number of carbonyl (C=O) groups excluding carboxylic acids is 1. The Balaban J connectivity index is 2.12. The number of amides is 1. The van der Waals surface area contributed by atoms with Crippen molar-refractivity contribution in [3.8, 4) is 0 Å². The summed E-state index contributed by atoms with van der Waals surface area (Å²) >= 11 is 3.37. The number of carbonyl (C=O) groups is 1.